The first-order valence-electron chi connectivity index (χ1n) is 7.69. The lowest BCUT2D eigenvalue weighted by Gasteiger charge is -2.20. The summed E-state index contributed by atoms with van der Waals surface area (Å²) < 4.78 is 12.3. The topological polar surface area (TPSA) is 29.1 Å². The number of rotatable bonds is 8. The van der Waals surface area contributed by atoms with Crippen molar-refractivity contribution in [3.63, 3.8) is 0 Å². The maximum absolute atomic E-state index is 12.3. The first-order chi connectivity index (χ1) is 9.49. The van der Waals surface area contributed by atoms with Crippen LogP contribution in [0.25, 0.3) is 0 Å². The molecule has 0 aliphatic heterocycles. The Bertz CT molecular complexity index is 414. The Morgan fingerprint density at radius 1 is 1.05 bits per heavy atom. The second kappa shape index (κ2) is 8.58. The second-order valence-corrected chi connectivity index (χ2v) is 7.60. The van der Waals surface area contributed by atoms with Crippen LogP contribution in [-0.4, -0.2) is 21.8 Å². The minimum atomic E-state index is -0.773. The van der Waals surface area contributed by atoms with Crippen molar-refractivity contribution in [3.8, 4) is 0 Å². The highest BCUT2D eigenvalue weighted by Crippen LogP contribution is 2.20. The fraction of sp³-hybridized carbons (Fsp3) is 0.647. The van der Waals surface area contributed by atoms with Gasteiger partial charge in [-0.15, -0.1) is 0 Å². The average Bonchev–Trinajstić information content (AvgIpc) is 2.45. The predicted octanol–water partition coefficient (Wildman–Crippen LogP) is 4.01. The molecule has 0 bridgehead atoms. The summed E-state index contributed by atoms with van der Waals surface area (Å²) in [4.78, 5) is 0. The highest BCUT2D eigenvalue weighted by Gasteiger charge is 2.17. The Balaban J connectivity index is 2.82. The van der Waals surface area contributed by atoms with E-state index in [2.05, 4.69) is 64.2 Å². The highest BCUT2D eigenvalue weighted by molar-refractivity contribution is 7.85. The zero-order valence-corrected chi connectivity index (χ0v) is 14.3. The molecule has 0 aromatic heterocycles. The van der Waals surface area contributed by atoms with Gasteiger partial charge in [-0.2, -0.15) is 0 Å². The van der Waals surface area contributed by atoms with E-state index in [9.17, 15) is 4.21 Å². The highest BCUT2D eigenvalue weighted by atomic mass is 32.2. The summed E-state index contributed by atoms with van der Waals surface area (Å²) >= 11 is 0. The largest absolute Gasteiger partial charge is 0.309 e. The Labute approximate surface area is 126 Å². The van der Waals surface area contributed by atoms with Gasteiger partial charge in [0.15, 0.2) is 0 Å². The molecular formula is C17H29NOS. The molecule has 0 radical (unpaired) electrons. The van der Waals surface area contributed by atoms with Crippen molar-refractivity contribution in [1.82, 2.24) is 5.32 Å². The second-order valence-electron chi connectivity index (χ2n) is 5.70. The van der Waals surface area contributed by atoms with Gasteiger partial charge < -0.3 is 5.32 Å². The maximum Gasteiger partial charge on any atom is 0.0436 e. The molecule has 114 valence electrons. The third-order valence-corrected chi connectivity index (χ3v) is 5.70. The van der Waals surface area contributed by atoms with Crippen LogP contribution in [0.4, 0.5) is 0 Å². The van der Waals surface area contributed by atoms with E-state index < -0.39 is 10.8 Å². The molecule has 1 rings (SSSR count). The molecule has 0 spiro atoms. The van der Waals surface area contributed by atoms with E-state index in [0.29, 0.717) is 11.7 Å². The average molecular weight is 295 g/mol. The van der Waals surface area contributed by atoms with Gasteiger partial charge in [-0.05, 0) is 30.0 Å². The third-order valence-electron chi connectivity index (χ3n) is 3.81. The van der Waals surface area contributed by atoms with E-state index in [0.717, 1.165) is 13.0 Å². The smallest absolute Gasteiger partial charge is 0.0436 e. The quantitative estimate of drug-likeness (QED) is 0.785. The number of hydrogen-bond donors (Lipinski definition) is 1. The van der Waals surface area contributed by atoms with Crippen molar-refractivity contribution in [2.24, 2.45) is 0 Å². The molecule has 3 unspecified atom stereocenters. The van der Waals surface area contributed by atoms with Crippen LogP contribution in [0.1, 0.15) is 64.1 Å². The lowest BCUT2D eigenvalue weighted by Crippen LogP contribution is -2.28. The normalized spacial score (nSPS) is 16.1. The lowest BCUT2D eigenvalue weighted by molar-refractivity contribution is 0.590. The van der Waals surface area contributed by atoms with Crippen LogP contribution in [0.15, 0.2) is 24.3 Å². The summed E-state index contributed by atoms with van der Waals surface area (Å²) in [5.74, 6) is 1.25. The maximum atomic E-state index is 12.3. The number of hydrogen-bond acceptors (Lipinski definition) is 2. The molecule has 0 aliphatic rings. The Kier molecular flexibility index (Phi) is 7.46. The monoisotopic (exact) mass is 295 g/mol. The molecular weight excluding hydrogens is 266 g/mol. The van der Waals surface area contributed by atoms with E-state index in [-0.39, 0.29) is 11.3 Å². The Morgan fingerprint density at radius 2 is 1.60 bits per heavy atom. The van der Waals surface area contributed by atoms with E-state index in [1.807, 2.05) is 0 Å². The molecule has 0 heterocycles. The number of benzene rings is 1. The van der Waals surface area contributed by atoms with Crippen LogP contribution in [-0.2, 0) is 10.8 Å². The van der Waals surface area contributed by atoms with Crippen molar-refractivity contribution in [3.05, 3.63) is 35.4 Å². The fourth-order valence-electron chi connectivity index (χ4n) is 2.15. The summed E-state index contributed by atoms with van der Waals surface area (Å²) in [5, 5.41) is 3.73. The van der Waals surface area contributed by atoms with Gasteiger partial charge in [-0.1, -0.05) is 58.9 Å². The van der Waals surface area contributed by atoms with E-state index in [1.165, 1.54) is 11.1 Å². The molecule has 2 nitrogen and oxygen atoms in total. The molecule has 3 atom stereocenters. The molecule has 0 amide bonds. The van der Waals surface area contributed by atoms with Gasteiger partial charge in [-0.3, -0.25) is 4.21 Å². The molecule has 1 N–H and O–H groups in total. The zero-order valence-electron chi connectivity index (χ0n) is 13.5. The van der Waals surface area contributed by atoms with Gasteiger partial charge in [0.25, 0.3) is 0 Å². The molecule has 1 aromatic carbocycles. The molecule has 0 aliphatic carbocycles. The third kappa shape index (κ3) is 5.02. The van der Waals surface area contributed by atoms with Crippen molar-refractivity contribution < 1.29 is 4.21 Å². The summed E-state index contributed by atoms with van der Waals surface area (Å²) in [7, 11) is -0.773. The zero-order chi connectivity index (χ0) is 15.1. The van der Waals surface area contributed by atoms with Gasteiger partial charge >= 0.3 is 0 Å². The predicted molar refractivity (Wildman–Crippen MR) is 89.7 cm³/mol. The van der Waals surface area contributed by atoms with Crippen molar-refractivity contribution in [1.29, 1.82) is 0 Å². The first kappa shape index (κ1) is 17.4. The molecule has 20 heavy (non-hydrogen) atoms. The summed E-state index contributed by atoms with van der Waals surface area (Å²) in [6.45, 7) is 11.6. The van der Waals surface area contributed by atoms with Gasteiger partial charge in [0.05, 0.1) is 0 Å². The lowest BCUT2D eigenvalue weighted by atomic mass is 9.99. The standard InChI is InChI=1S/C17H29NOS/c1-6-14(5)20(19)12-17(18-7-2)16-10-8-15(9-11-16)13(3)4/h8-11,13-14,17-18H,6-7,12H2,1-5H3. The molecule has 0 saturated carbocycles. The van der Waals surface area contributed by atoms with Gasteiger partial charge in [0.2, 0.25) is 0 Å². The summed E-state index contributed by atoms with van der Waals surface area (Å²) in [6, 6.07) is 8.93. The minimum Gasteiger partial charge on any atom is -0.309 e. The van der Waals surface area contributed by atoms with Gasteiger partial charge in [0, 0.05) is 27.8 Å². The van der Waals surface area contributed by atoms with Crippen molar-refractivity contribution >= 4 is 10.8 Å². The van der Waals surface area contributed by atoms with Crippen LogP contribution >= 0.6 is 0 Å². The van der Waals surface area contributed by atoms with Crippen LogP contribution in [0, 0.1) is 0 Å². The SMILES string of the molecule is CCNC(CS(=O)C(C)CC)c1ccc(C(C)C)cc1. The molecule has 0 fully saturated rings. The fourth-order valence-corrected chi connectivity index (χ4v) is 3.49. The Hall–Kier alpha value is -0.670. The van der Waals surface area contributed by atoms with Gasteiger partial charge in [-0.25, -0.2) is 0 Å². The van der Waals surface area contributed by atoms with Gasteiger partial charge in [0.1, 0.15) is 0 Å². The molecule has 1 aromatic rings. The van der Waals surface area contributed by atoms with Crippen molar-refractivity contribution in [2.45, 2.75) is 58.2 Å². The van der Waals surface area contributed by atoms with Crippen molar-refractivity contribution in [2.75, 3.05) is 12.3 Å². The molecule has 3 heteroatoms. The van der Waals surface area contributed by atoms with Crippen LogP contribution in [0.2, 0.25) is 0 Å². The van der Waals surface area contributed by atoms with Crippen LogP contribution in [0.3, 0.4) is 0 Å². The first-order valence-corrected chi connectivity index (χ1v) is 9.08. The molecule has 0 saturated heterocycles. The van der Waals surface area contributed by atoms with Crippen LogP contribution in [0.5, 0.6) is 0 Å². The van der Waals surface area contributed by atoms with Crippen LogP contribution < -0.4 is 5.32 Å². The summed E-state index contributed by atoms with van der Waals surface area (Å²) in [6.07, 6.45) is 0.970. The Morgan fingerprint density at radius 3 is 2.05 bits per heavy atom. The minimum absolute atomic E-state index is 0.191. The number of nitrogens with one attached hydrogen (secondary N) is 1. The van der Waals surface area contributed by atoms with E-state index in [1.54, 1.807) is 0 Å². The summed E-state index contributed by atoms with van der Waals surface area (Å²) in [5.41, 5.74) is 2.60. The van der Waals surface area contributed by atoms with E-state index in [4.69, 9.17) is 0 Å². The van der Waals surface area contributed by atoms with E-state index >= 15 is 0 Å².